The fourth-order valence-corrected chi connectivity index (χ4v) is 6.34. The van der Waals surface area contributed by atoms with Crippen molar-refractivity contribution in [3.8, 4) is 0 Å². The van der Waals surface area contributed by atoms with Gasteiger partial charge in [0.2, 0.25) is 0 Å². The van der Waals surface area contributed by atoms with Crippen LogP contribution < -0.4 is 9.62 Å². The molecule has 172 valence electrons. The van der Waals surface area contributed by atoms with E-state index in [-0.39, 0.29) is 22.9 Å². The Balaban J connectivity index is 1.59. The van der Waals surface area contributed by atoms with Crippen LogP contribution in [0.5, 0.6) is 0 Å². The van der Waals surface area contributed by atoms with Crippen molar-refractivity contribution in [1.82, 2.24) is 5.32 Å². The molecule has 3 aromatic carbocycles. The molecule has 0 bridgehead atoms. The fraction of sp³-hybridized carbons (Fsp3) is 0.296. The number of hydrogen-bond donors (Lipinski definition) is 1. The largest absolute Gasteiger partial charge is 0.346 e. The molecule has 1 aliphatic rings. The molecule has 6 heteroatoms. The Hall–Kier alpha value is -3.12. The summed E-state index contributed by atoms with van der Waals surface area (Å²) >= 11 is 0. The van der Waals surface area contributed by atoms with Gasteiger partial charge in [-0.1, -0.05) is 30.3 Å². The summed E-state index contributed by atoms with van der Waals surface area (Å²) in [4.78, 5) is 13.3. The van der Waals surface area contributed by atoms with E-state index < -0.39 is 10.0 Å². The minimum Gasteiger partial charge on any atom is -0.346 e. The number of nitrogens with zero attached hydrogens (tertiary/aromatic N) is 1. The Bertz CT molecular complexity index is 1320. The van der Waals surface area contributed by atoms with Crippen molar-refractivity contribution in [1.29, 1.82) is 0 Å². The van der Waals surface area contributed by atoms with E-state index in [1.54, 1.807) is 42.5 Å². The van der Waals surface area contributed by atoms with E-state index in [1.807, 2.05) is 19.9 Å². The summed E-state index contributed by atoms with van der Waals surface area (Å²) in [5.74, 6) is -0.167. The van der Waals surface area contributed by atoms with Crippen LogP contribution in [0, 0.1) is 20.8 Å². The highest BCUT2D eigenvalue weighted by Crippen LogP contribution is 2.37. The molecule has 0 saturated carbocycles. The van der Waals surface area contributed by atoms with Crippen molar-refractivity contribution in [3.63, 3.8) is 0 Å². The molecule has 0 radical (unpaired) electrons. The molecule has 0 spiro atoms. The average Bonchev–Trinajstić information content (AvgIpc) is 3.12. The topological polar surface area (TPSA) is 66.5 Å². The van der Waals surface area contributed by atoms with Gasteiger partial charge in [-0.05, 0) is 99.2 Å². The molecule has 2 atom stereocenters. The molecule has 33 heavy (non-hydrogen) atoms. The van der Waals surface area contributed by atoms with Gasteiger partial charge in [0.25, 0.3) is 15.9 Å². The Morgan fingerprint density at radius 2 is 1.64 bits per heavy atom. The molecule has 1 heterocycles. The first kappa shape index (κ1) is 23.1. The van der Waals surface area contributed by atoms with Gasteiger partial charge in [0.1, 0.15) is 0 Å². The number of aryl methyl sites for hydroxylation is 3. The first-order chi connectivity index (χ1) is 15.6. The lowest BCUT2D eigenvalue weighted by molar-refractivity contribution is 0.0939. The van der Waals surface area contributed by atoms with E-state index in [1.165, 1.54) is 15.4 Å². The van der Waals surface area contributed by atoms with Crippen molar-refractivity contribution >= 4 is 21.6 Å². The smallest absolute Gasteiger partial charge is 0.264 e. The van der Waals surface area contributed by atoms with Crippen LogP contribution in [0.25, 0.3) is 0 Å². The summed E-state index contributed by atoms with van der Waals surface area (Å²) in [5.41, 5.74) is 6.72. The molecule has 0 aromatic heterocycles. The summed E-state index contributed by atoms with van der Waals surface area (Å²) < 4.78 is 28.0. The number of hydrogen-bond acceptors (Lipinski definition) is 3. The molecule has 3 aromatic rings. The minimum atomic E-state index is -3.67. The maximum absolute atomic E-state index is 13.3. The van der Waals surface area contributed by atoms with Crippen molar-refractivity contribution < 1.29 is 13.2 Å². The maximum atomic E-state index is 13.3. The lowest BCUT2D eigenvalue weighted by Crippen LogP contribution is -2.35. The van der Waals surface area contributed by atoms with Gasteiger partial charge in [0.15, 0.2) is 0 Å². The van der Waals surface area contributed by atoms with E-state index >= 15 is 0 Å². The zero-order chi connectivity index (χ0) is 23.9. The first-order valence-electron chi connectivity index (χ1n) is 11.2. The van der Waals surface area contributed by atoms with Gasteiger partial charge in [0, 0.05) is 11.6 Å². The van der Waals surface area contributed by atoms with Crippen molar-refractivity contribution in [3.05, 3.63) is 94.0 Å². The van der Waals surface area contributed by atoms with Crippen LogP contribution >= 0.6 is 0 Å². The number of sulfonamides is 1. The number of rotatable bonds is 5. The Labute approximate surface area is 196 Å². The van der Waals surface area contributed by atoms with Crippen LogP contribution in [0.2, 0.25) is 0 Å². The quantitative estimate of drug-likeness (QED) is 0.564. The number of benzene rings is 3. The van der Waals surface area contributed by atoms with Gasteiger partial charge >= 0.3 is 0 Å². The zero-order valence-electron chi connectivity index (χ0n) is 19.7. The third kappa shape index (κ3) is 4.27. The second-order valence-electron chi connectivity index (χ2n) is 9.00. The molecular formula is C27H30N2O3S. The van der Waals surface area contributed by atoms with Crippen LogP contribution in [-0.2, 0) is 16.4 Å². The maximum Gasteiger partial charge on any atom is 0.264 e. The predicted molar refractivity (Wildman–Crippen MR) is 132 cm³/mol. The fourth-order valence-electron chi connectivity index (χ4n) is 4.62. The normalized spacial score (nSPS) is 16.4. The number of fused-ring (bicyclic) bond motifs is 1. The van der Waals surface area contributed by atoms with E-state index in [9.17, 15) is 13.2 Å². The Morgan fingerprint density at radius 3 is 2.33 bits per heavy atom. The van der Waals surface area contributed by atoms with E-state index in [0.717, 1.165) is 16.7 Å². The van der Waals surface area contributed by atoms with Crippen molar-refractivity contribution in [2.45, 2.75) is 58.0 Å². The van der Waals surface area contributed by atoms with Crippen LogP contribution in [0.4, 0.5) is 5.69 Å². The monoisotopic (exact) mass is 462 g/mol. The molecule has 1 aliphatic heterocycles. The number of nitrogens with one attached hydrogen (secondary N) is 1. The van der Waals surface area contributed by atoms with Gasteiger partial charge in [-0.25, -0.2) is 8.42 Å². The number of anilines is 1. The molecule has 1 N–H and O–H groups in total. The van der Waals surface area contributed by atoms with Crippen LogP contribution in [0.1, 0.15) is 58.1 Å². The molecule has 0 aliphatic carbocycles. The SMILES string of the molecule is Cc1cc(C)c([C@H](C)NC(=O)c2ccc3c(c2)C[C@H](C)N3S(=O)(=O)c2ccccc2)cc1C. The molecule has 0 fully saturated rings. The second-order valence-corrected chi connectivity index (χ2v) is 10.8. The zero-order valence-corrected chi connectivity index (χ0v) is 20.5. The van der Waals surface area contributed by atoms with Crippen molar-refractivity contribution in [2.75, 3.05) is 4.31 Å². The highest BCUT2D eigenvalue weighted by Gasteiger charge is 2.36. The van der Waals surface area contributed by atoms with E-state index in [2.05, 4.69) is 38.2 Å². The third-order valence-electron chi connectivity index (χ3n) is 6.49. The van der Waals surface area contributed by atoms with Crippen LogP contribution in [0.15, 0.2) is 65.6 Å². The highest BCUT2D eigenvalue weighted by atomic mass is 32.2. The van der Waals surface area contributed by atoms with E-state index in [0.29, 0.717) is 17.7 Å². The second kappa shape index (κ2) is 8.67. The lowest BCUT2D eigenvalue weighted by Gasteiger charge is -2.24. The van der Waals surface area contributed by atoms with Gasteiger partial charge < -0.3 is 5.32 Å². The number of amides is 1. The average molecular weight is 463 g/mol. The first-order valence-corrected chi connectivity index (χ1v) is 12.6. The predicted octanol–water partition coefficient (Wildman–Crippen LogP) is 5.24. The summed E-state index contributed by atoms with van der Waals surface area (Å²) in [5, 5.41) is 3.10. The highest BCUT2D eigenvalue weighted by molar-refractivity contribution is 7.92. The van der Waals surface area contributed by atoms with Gasteiger partial charge in [-0.15, -0.1) is 0 Å². The van der Waals surface area contributed by atoms with E-state index in [4.69, 9.17) is 0 Å². The molecule has 0 unspecified atom stereocenters. The van der Waals surface area contributed by atoms with Gasteiger partial charge in [0.05, 0.1) is 16.6 Å². The van der Waals surface area contributed by atoms with Crippen LogP contribution in [-0.4, -0.2) is 20.4 Å². The number of carbonyl (C=O) groups is 1. The Kier molecular flexibility index (Phi) is 6.06. The summed E-state index contributed by atoms with van der Waals surface area (Å²) in [7, 11) is -3.67. The van der Waals surface area contributed by atoms with Crippen LogP contribution in [0.3, 0.4) is 0 Å². The molecule has 5 nitrogen and oxygen atoms in total. The standard InChI is InChI=1S/C27H30N2O3S/c1-17-13-19(3)25(14-18(17)2)21(5)28-27(30)22-11-12-26-23(16-22)15-20(4)29(26)33(31,32)24-9-7-6-8-10-24/h6-14,16,20-21H,15H2,1-5H3,(H,28,30)/t20-,21-/m0/s1. The van der Waals surface area contributed by atoms with Crippen molar-refractivity contribution in [2.24, 2.45) is 0 Å². The molecule has 4 rings (SSSR count). The molecule has 1 amide bonds. The summed E-state index contributed by atoms with van der Waals surface area (Å²) in [6, 6.07) is 17.7. The Morgan fingerprint density at radius 1 is 0.970 bits per heavy atom. The van der Waals surface area contributed by atoms with Gasteiger partial charge in [-0.3, -0.25) is 9.10 Å². The lowest BCUT2D eigenvalue weighted by atomic mass is 9.96. The molecular weight excluding hydrogens is 432 g/mol. The van der Waals surface area contributed by atoms with Gasteiger partial charge in [-0.2, -0.15) is 0 Å². The third-order valence-corrected chi connectivity index (χ3v) is 8.43. The summed E-state index contributed by atoms with van der Waals surface area (Å²) in [6.07, 6.45) is 0.564. The summed E-state index contributed by atoms with van der Waals surface area (Å²) in [6.45, 7) is 10.1. The molecule has 0 saturated heterocycles. The minimum absolute atomic E-state index is 0.140. The number of carbonyl (C=O) groups excluding carboxylic acids is 1.